The van der Waals surface area contributed by atoms with E-state index in [4.69, 9.17) is 0 Å². The lowest BCUT2D eigenvalue weighted by Crippen LogP contribution is -2.33. The summed E-state index contributed by atoms with van der Waals surface area (Å²) in [5.74, 6) is -0.565. The Bertz CT molecular complexity index is 529. The zero-order valence-corrected chi connectivity index (χ0v) is 12.3. The van der Waals surface area contributed by atoms with Crippen LogP contribution >= 0.6 is 11.8 Å². The molecule has 2 aliphatic heterocycles. The Morgan fingerprint density at radius 3 is 2.33 bits per heavy atom. The maximum atomic E-state index is 13.1. The van der Waals surface area contributed by atoms with Gasteiger partial charge in [0, 0.05) is 22.0 Å². The maximum absolute atomic E-state index is 13.1. The third-order valence-electron chi connectivity index (χ3n) is 4.40. The molecule has 0 spiro atoms. The lowest BCUT2D eigenvalue weighted by molar-refractivity contribution is -0.137. The van der Waals surface area contributed by atoms with E-state index in [1.807, 2.05) is 11.8 Å². The average molecular weight is 314 g/mol. The number of hydrogen-bond acceptors (Lipinski definition) is 2. The summed E-state index contributed by atoms with van der Waals surface area (Å²) in [5, 5.41) is 0.897. The van der Waals surface area contributed by atoms with Crippen LogP contribution in [0.5, 0.6) is 0 Å². The van der Waals surface area contributed by atoms with Crippen molar-refractivity contribution in [2.45, 2.75) is 48.8 Å². The minimum Gasteiger partial charge on any atom is -0.294 e. The second kappa shape index (κ2) is 5.67. The van der Waals surface area contributed by atoms with Gasteiger partial charge in [0.1, 0.15) is 0 Å². The molecular weight excluding hydrogens is 297 g/mol. The zero-order chi connectivity index (χ0) is 15.0. The van der Waals surface area contributed by atoms with Crippen LogP contribution in [0, 0.1) is 5.92 Å². The Hall–Kier alpha value is -0.970. The maximum Gasteiger partial charge on any atom is 0.417 e. The highest BCUT2D eigenvalue weighted by atomic mass is 32.2. The summed E-state index contributed by atoms with van der Waals surface area (Å²) in [6, 6.07) is 5.18. The van der Waals surface area contributed by atoms with Gasteiger partial charge in [0.15, 0.2) is 5.78 Å². The first-order chi connectivity index (χ1) is 9.95. The van der Waals surface area contributed by atoms with E-state index < -0.39 is 11.7 Å². The highest BCUT2D eigenvalue weighted by molar-refractivity contribution is 8.00. The van der Waals surface area contributed by atoms with Crippen molar-refractivity contribution >= 4 is 17.5 Å². The molecule has 0 aromatic heterocycles. The van der Waals surface area contributed by atoms with Crippen LogP contribution in [0.1, 0.15) is 48.0 Å². The molecule has 2 heterocycles. The van der Waals surface area contributed by atoms with E-state index in [1.165, 1.54) is 24.6 Å². The summed E-state index contributed by atoms with van der Waals surface area (Å²) in [5.41, 5.74) is -0.946. The fourth-order valence-electron chi connectivity index (χ4n) is 3.44. The van der Waals surface area contributed by atoms with Crippen LogP contribution in [0.25, 0.3) is 0 Å². The molecule has 0 N–H and O–H groups in total. The minimum absolute atomic E-state index is 0.153. The smallest absolute Gasteiger partial charge is 0.294 e. The van der Waals surface area contributed by atoms with Gasteiger partial charge in [-0.1, -0.05) is 24.6 Å². The van der Waals surface area contributed by atoms with E-state index in [0.29, 0.717) is 10.5 Å². The highest BCUT2D eigenvalue weighted by Crippen LogP contribution is 2.45. The van der Waals surface area contributed by atoms with Crippen LogP contribution in [0.3, 0.4) is 0 Å². The van der Waals surface area contributed by atoms with Gasteiger partial charge >= 0.3 is 6.18 Å². The SMILES string of the molecule is O=C(c1ccccc1C(F)(F)F)C1CC2CCCC(C1)S2. The molecule has 2 bridgehead atoms. The fourth-order valence-corrected chi connectivity index (χ4v) is 5.27. The topological polar surface area (TPSA) is 17.1 Å². The highest BCUT2D eigenvalue weighted by Gasteiger charge is 2.40. The summed E-state index contributed by atoms with van der Waals surface area (Å²) >= 11 is 1.92. The van der Waals surface area contributed by atoms with E-state index >= 15 is 0 Å². The number of fused-ring (bicyclic) bond motifs is 2. The number of alkyl halides is 3. The van der Waals surface area contributed by atoms with E-state index in [2.05, 4.69) is 0 Å². The summed E-state index contributed by atoms with van der Waals surface area (Å²) in [4.78, 5) is 12.6. The Kier molecular flexibility index (Phi) is 4.04. The molecule has 0 amide bonds. The second-order valence-corrected chi connectivity index (χ2v) is 7.49. The van der Waals surface area contributed by atoms with Crippen molar-refractivity contribution in [1.29, 1.82) is 0 Å². The third kappa shape index (κ3) is 3.12. The number of hydrogen-bond donors (Lipinski definition) is 0. The third-order valence-corrected chi connectivity index (χ3v) is 6.03. The molecule has 1 nitrogen and oxygen atoms in total. The Labute approximate surface area is 126 Å². The van der Waals surface area contributed by atoms with E-state index in [-0.39, 0.29) is 17.3 Å². The number of ketones is 1. The van der Waals surface area contributed by atoms with Crippen LogP contribution in [-0.2, 0) is 6.18 Å². The number of carbonyl (C=O) groups is 1. The lowest BCUT2D eigenvalue weighted by atomic mass is 9.83. The molecule has 2 saturated heterocycles. The van der Waals surface area contributed by atoms with E-state index in [9.17, 15) is 18.0 Å². The average Bonchev–Trinajstić information content (AvgIpc) is 2.45. The zero-order valence-electron chi connectivity index (χ0n) is 11.5. The second-order valence-electron chi connectivity index (χ2n) is 5.89. The van der Waals surface area contributed by atoms with Gasteiger partial charge in [0.2, 0.25) is 0 Å². The van der Waals surface area contributed by atoms with E-state index in [1.54, 1.807) is 0 Å². The first kappa shape index (κ1) is 14.9. The van der Waals surface area contributed by atoms with Crippen LogP contribution < -0.4 is 0 Å². The van der Waals surface area contributed by atoms with Crippen molar-refractivity contribution in [3.63, 3.8) is 0 Å². The molecule has 0 radical (unpaired) electrons. The monoisotopic (exact) mass is 314 g/mol. The molecule has 114 valence electrons. The molecular formula is C16H17F3OS. The number of thioether (sulfide) groups is 1. The molecule has 2 fully saturated rings. The Morgan fingerprint density at radius 1 is 1.10 bits per heavy atom. The standard InChI is InChI=1S/C16H17F3OS/c17-16(18,19)14-7-2-1-6-13(14)15(20)10-8-11-4-3-5-12(9-10)21-11/h1-2,6-7,10-12H,3-5,8-9H2. The first-order valence-corrected chi connectivity index (χ1v) is 8.25. The van der Waals surface area contributed by atoms with E-state index in [0.717, 1.165) is 31.7 Å². The largest absolute Gasteiger partial charge is 0.417 e. The quantitative estimate of drug-likeness (QED) is 0.718. The summed E-state index contributed by atoms with van der Waals surface area (Å²) in [6.07, 6.45) is 0.351. The molecule has 0 saturated carbocycles. The lowest BCUT2D eigenvalue weighted by Gasteiger charge is -2.38. The molecule has 2 unspecified atom stereocenters. The number of Topliss-reactive ketones (excluding diaryl/α,β-unsaturated/α-hetero) is 1. The van der Waals surface area contributed by atoms with Gasteiger partial charge in [-0.25, -0.2) is 0 Å². The Balaban J connectivity index is 1.86. The minimum atomic E-state index is -4.47. The molecule has 2 atom stereocenters. The molecule has 3 rings (SSSR count). The van der Waals surface area contributed by atoms with Crippen molar-refractivity contribution in [2.24, 2.45) is 5.92 Å². The summed E-state index contributed by atoms with van der Waals surface area (Å²) < 4.78 is 39.2. The van der Waals surface area contributed by atoms with Gasteiger partial charge in [-0.05, 0) is 31.7 Å². The predicted octanol–water partition coefficient (Wildman–Crippen LogP) is 4.95. The van der Waals surface area contributed by atoms with Gasteiger partial charge in [0.25, 0.3) is 0 Å². The molecule has 1 aromatic rings. The van der Waals surface area contributed by atoms with Gasteiger partial charge in [-0.3, -0.25) is 4.79 Å². The molecule has 0 aliphatic carbocycles. The Morgan fingerprint density at radius 2 is 1.71 bits per heavy atom. The van der Waals surface area contributed by atoms with Crippen molar-refractivity contribution in [3.05, 3.63) is 35.4 Å². The fraction of sp³-hybridized carbons (Fsp3) is 0.562. The van der Waals surface area contributed by atoms with Gasteiger partial charge in [-0.2, -0.15) is 24.9 Å². The predicted molar refractivity (Wildman–Crippen MR) is 77.5 cm³/mol. The van der Waals surface area contributed by atoms with Crippen molar-refractivity contribution in [1.82, 2.24) is 0 Å². The van der Waals surface area contributed by atoms with Crippen LogP contribution in [0.15, 0.2) is 24.3 Å². The number of rotatable bonds is 2. The van der Waals surface area contributed by atoms with Crippen LogP contribution in [0.4, 0.5) is 13.2 Å². The summed E-state index contributed by atoms with van der Waals surface area (Å²) in [6.45, 7) is 0. The number of benzene rings is 1. The van der Waals surface area contributed by atoms with Crippen molar-refractivity contribution in [3.8, 4) is 0 Å². The first-order valence-electron chi connectivity index (χ1n) is 7.31. The normalized spacial score (nSPS) is 29.2. The number of carbonyl (C=O) groups excluding carboxylic acids is 1. The molecule has 1 aromatic carbocycles. The number of halogens is 3. The van der Waals surface area contributed by atoms with Crippen molar-refractivity contribution in [2.75, 3.05) is 0 Å². The molecule has 21 heavy (non-hydrogen) atoms. The van der Waals surface area contributed by atoms with Crippen molar-refractivity contribution < 1.29 is 18.0 Å². The van der Waals surface area contributed by atoms with Gasteiger partial charge < -0.3 is 0 Å². The van der Waals surface area contributed by atoms with Crippen LogP contribution in [-0.4, -0.2) is 16.3 Å². The summed E-state index contributed by atoms with van der Waals surface area (Å²) in [7, 11) is 0. The van der Waals surface area contributed by atoms with Gasteiger partial charge in [-0.15, -0.1) is 0 Å². The molecule has 2 aliphatic rings. The van der Waals surface area contributed by atoms with Crippen LogP contribution in [0.2, 0.25) is 0 Å². The molecule has 5 heteroatoms. The van der Waals surface area contributed by atoms with Gasteiger partial charge in [0.05, 0.1) is 5.56 Å².